The van der Waals surface area contributed by atoms with Crippen molar-refractivity contribution in [1.82, 2.24) is 9.78 Å². The Morgan fingerprint density at radius 1 is 1.33 bits per heavy atom. The standard InChI is InChI=1S/C17H25N3O/c1-5-13(3)20-9-8-14(19-20)11-16(18)15-7-6-12(2)10-17(15)21-4/h6-10,13,16H,5,11,18H2,1-4H3. The van der Waals surface area contributed by atoms with E-state index in [2.05, 4.69) is 25.0 Å². The van der Waals surface area contributed by atoms with Crippen molar-refractivity contribution in [2.45, 2.75) is 45.7 Å². The van der Waals surface area contributed by atoms with Gasteiger partial charge in [0, 0.05) is 30.3 Å². The fraction of sp³-hybridized carbons (Fsp3) is 0.471. The summed E-state index contributed by atoms with van der Waals surface area (Å²) in [5.74, 6) is 0.851. The first-order chi connectivity index (χ1) is 10.0. The van der Waals surface area contributed by atoms with E-state index in [9.17, 15) is 0 Å². The monoisotopic (exact) mass is 287 g/mol. The summed E-state index contributed by atoms with van der Waals surface area (Å²) in [6.07, 6.45) is 3.81. The van der Waals surface area contributed by atoms with E-state index in [4.69, 9.17) is 10.5 Å². The normalized spacial score (nSPS) is 14.0. The molecule has 0 amide bonds. The van der Waals surface area contributed by atoms with E-state index in [1.807, 2.05) is 36.0 Å². The number of benzene rings is 1. The zero-order chi connectivity index (χ0) is 15.4. The number of aryl methyl sites for hydroxylation is 1. The van der Waals surface area contributed by atoms with Crippen LogP contribution < -0.4 is 10.5 Å². The molecule has 4 heteroatoms. The van der Waals surface area contributed by atoms with Gasteiger partial charge in [-0.15, -0.1) is 0 Å². The Hall–Kier alpha value is -1.81. The molecule has 1 aromatic carbocycles. The van der Waals surface area contributed by atoms with Crippen LogP contribution in [-0.4, -0.2) is 16.9 Å². The lowest BCUT2D eigenvalue weighted by Gasteiger charge is -2.15. The first kappa shape index (κ1) is 15.6. The maximum absolute atomic E-state index is 6.34. The van der Waals surface area contributed by atoms with E-state index in [0.717, 1.165) is 23.4 Å². The Balaban J connectivity index is 2.14. The van der Waals surface area contributed by atoms with Gasteiger partial charge in [-0.25, -0.2) is 0 Å². The molecule has 1 heterocycles. The van der Waals surface area contributed by atoms with Gasteiger partial charge in [-0.3, -0.25) is 4.68 Å². The summed E-state index contributed by atoms with van der Waals surface area (Å²) in [4.78, 5) is 0. The molecule has 1 aromatic heterocycles. The van der Waals surface area contributed by atoms with Gasteiger partial charge in [0.1, 0.15) is 5.75 Å². The van der Waals surface area contributed by atoms with Crippen molar-refractivity contribution in [1.29, 1.82) is 0 Å². The predicted molar refractivity (Wildman–Crippen MR) is 85.6 cm³/mol. The van der Waals surface area contributed by atoms with Crippen LogP contribution in [0.1, 0.15) is 49.2 Å². The Morgan fingerprint density at radius 2 is 2.10 bits per heavy atom. The molecule has 2 rings (SSSR count). The second-order valence-electron chi connectivity index (χ2n) is 5.60. The molecular formula is C17H25N3O. The SMILES string of the molecule is CCC(C)n1ccc(CC(N)c2ccc(C)cc2OC)n1. The number of nitrogens with zero attached hydrogens (tertiary/aromatic N) is 2. The number of nitrogens with two attached hydrogens (primary N) is 1. The van der Waals surface area contributed by atoms with Gasteiger partial charge >= 0.3 is 0 Å². The van der Waals surface area contributed by atoms with Gasteiger partial charge in [-0.05, 0) is 38.0 Å². The van der Waals surface area contributed by atoms with Crippen LogP contribution in [0.25, 0.3) is 0 Å². The van der Waals surface area contributed by atoms with Gasteiger partial charge in [-0.2, -0.15) is 5.10 Å². The minimum absolute atomic E-state index is 0.110. The van der Waals surface area contributed by atoms with E-state index in [1.165, 1.54) is 5.56 Å². The van der Waals surface area contributed by atoms with Crippen molar-refractivity contribution in [2.24, 2.45) is 5.73 Å². The van der Waals surface area contributed by atoms with Crippen molar-refractivity contribution < 1.29 is 4.74 Å². The molecule has 0 fully saturated rings. The summed E-state index contributed by atoms with van der Waals surface area (Å²) in [7, 11) is 1.68. The van der Waals surface area contributed by atoms with E-state index in [0.29, 0.717) is 12.5 Å². The molecule has 2 aromatic rings. The van der Waals surface area contributed by atoms with Gasteiger partial charge in [-0.1, -0.05) is 19.1 Å². The molecule has 0 aliphatic heterocycles. The third-order valence-corrected chi connectivity index (χ3v) is 3.92. The third-order valence-electron chi connectivity index (χ3n) is 3.92. The lowest BCUT2D eigenvalue weighted by Crippen LogP contribution is -2.15. The zero-order valence-electron chi connectivity index (χ0n) is 13.3. The van der Waals surface area contributed by atoms with E-state index in [-0.39, 0.29) is 6.04 Å². The lowest BCUT2D eigenvalue weighted by atomic mass is 10.0. The number of hydrogen-bond donors (Lipinski definition) is 1. The molecule has 0 aliphatic rings. The molecule has 0 saturated carbocycles. The Bertz CT molecular complexity index is 591. The summed E-state index contributed by atoms with van der Waals surface area (Å²) in [5, 5.41) is 4.62. The van der Waals surface area contributed by atoms with Crippen LogP contribution in [0.3, 0.4) is 0 Å². The van der Waals surface area contributed by atoms with Gasteiger partial charge in [0.15, 0.2) is 0 Å². The molecule has 0 bridgehead atoms. The number of aromatic nitrogens is 2. The summed E-state index contributed by atoms with van der Waals surface area (Å²) in [5.41, 5.74) is 9.56. The summed E-state index contributed by atoms with van der Waals surface area (Å²) >= 11 is 0. The smallest absolute Gasteiger partial charge is 0.123 e. The van der Waals surface area contributed by atoms with Crippen LogP contribution in [0.5, 0.6) is 5.75 Å². The molecule has 21 heavy (non-hydrogen) atoms. The molecule has 0 spiro atoms. The molecule has 0 radical (unpaired) electrons. The molecule has 114 valence electrons. The molecule has 2 unspecified atom stereocenters. The highest BCUT2D eigenvalue weighted by molar-refractivity contribution is 5.39. The minimum atomic E-state index is -0.110. The second-order valence-corrected chi connectivity index (χ2v) is 5.60. The highest BCUT2D eigenvalue weighted by Crippen LogP contribution is 2.27. The topological polar surface area (TPSA) is 53.1 Å². The lowest BCUT2D eigenvalue weighted by molar-refractivity contribution is 0.404. The maximum atomic E-state index is 6.34. The van der Waals surface area contributed by atoms with Crippen molar-refractivity contribution in [3.8, 4) is 5.75 Å². The summed E-state index contributed by atoms with van der Waals surface area (Å²) < 4.78 is 7.45. The van der Waals surface area contributed by atoms with Crippen LogP contribution in [0.2, 0.25) is 0 Å². The number of rotatable bonds is 6. The first-order valence-corrected chi connectivity index (χ1v) is 7.49. The average molecular weight is 287 g/mol. The van der Waals surface area contributed by atoms with Gasteiger partial charge in [0.2, 0.25) is 0 Å². The number of ether oxygens (including phenoxy) is 1. The molecule has 0 saturated heterocycles. The van der Waals surface area contributed by atoms with Crippen LogP contribution in [0.4, 0.5) is 0 Å². The average Bonchev–Trinajstić information content (AvgIpc) is 2.94. The molecule has 0 aliphatic carbocycles. The Kier molecular flexibility index (Phi) is 5.02. The largest absolute Gasteiger partial charge is 0.496 e. The maximum Gasteiger partial charge on any atom is 0.123 e. The fourth-order valence-electron chi connectivity index (χ4n) is 2.38. The summed E-state index contributed by atoms with van der Waals surface area (Å²) in [6.45, 7) is 6.38. The first-order valence-electron chi connectivity index (χ1n) is 7.49. The fourth-order valence-corrected chi connectivity index (χ4v) is 2.38. The number of methoxy groups -OCH3 is 1. The number of hydrogen-bond acceptors (Lipinski definition) is 3. The third kappa shape index (κ3) is 3.64. The predicted octanol–water partition coefficient (Wildman–Crippen LogP) is 3.41. The molecule has 2 atom stereocenters. The molecule has 4 nitrogen and oxygen atoms in total. The quantitative estimate of drug-likeness (QED) is 0.885. The molecule has 2 N–H and O–H groups in total. The van der Waals surface area contributed by atoms with E-state index in [1.54, 1.807) is 7.11 Å². The van der Waals surface area contributed by atoms with Gasteiger partial charge in [0.05, 0.1) is 12.8 Å². The Morgan fingerprint density at radius 3 is 2.76 bits per heavy atom. The molecular weight excluding hydrogens is 262 g/mol. The van der Waals surface area contributed by atoms with Crippen LogP contribution in [-0.2, 0) is 6.42 Å². The van der Waals surface area contributed by atoms with Crippen molar-refractivity contribution >= 4 is 0 Å². The minimum Gasteiger partial charge on any atom is -0.496 e. The van der Waals surface area contributed by atoms with Crippen molar-refractivity contribution in [3.05, 3.63) is 47.3 Å². The summed E-state index contributed by atoms with van der Waals surface area (Å²) in [6, 6.07) is 8.49. The van der Waals surface area contributed by atoms with E-state index >= 15 is 0 Å². The van der Waals surface area contributed by atoms with Crippen molar-refractivity contribution in [2.75, 3.05) is 7.11 Å². The van der Waals surface area contributed by atoms with Gasteiger partial charge in [0.25, 0.3) is 0 Å². The van der Waals surface area contributed by atoms with Crippen LogP contribution >= 0.6 is 0 Å². The Labute approximate surface area is 126 Å². The highest BCUT2D eigenvalue weighted by atomic mass is 16.5. The van der Waals surface area contributed by atoms with Crippen LogP contribution in [0.15, 0.2) is 30.5 Å². The van der Waals surface area contributed by atoms with Gasteiger partial charge < -0.3 is 10.5 Å². The van der Waals surface area contributed by atoms with Crippen molar-refractivity contribution in [3.63, 3.8) is 0 Å². The zero-order valence-corrected chi connectivity index (χ0v) is 13.3. The second kappa shape index (κ2) is 6.76. The highest BCUT2D eigenvalue weighted by Gasteiger charge is 2.14. The van der Waals surface area contributed by atoms with Crippen LogP contribution in [0, 0.1) is 6.92 Å². The van der Waals surface area contributed by atoms with E-state index < -0.39 is 0 Å².